The lowest BCUT2D eigenvalue weighted by Crippen LogP contribution is -2.12. The first-order valence-corrected chi connectivity index (χ1v) is 6.48. The summed E-state index contributed by atoms with van der Waals surface area (Å²) in [6.45, 7) is 6.18. The van der Waals surface area contributed by atoms with Crippen molar-refractivity contribution in [3.63, 3.8) is 0 Å². The van der Waals surface area contributed by atoms with E-state index in [0.29, 0.717) is 0 Å². The highest BCUT2D eigenvalue weighted by Gasteiger charge is 1.98. The fraction of sp³-hybridized carbons (Fsp3) is 0.286. The van der Waals surface area contributed by atoms with Crippen LogP contribution in [0.2, 0.25) is 0 Å². The minimum Gasteiger partial charge on any atom is -0.309 e. The molecule has 1 aromatic carbocycles. The quantitative estimate of drug-likeness (QED) is 0.847. The molecular formula is C14H17NS. The molecule has 16 heavy (non-hydrogen) atoms. The van der Waals surface area contributed by atoms with Crippen LogP contribution in [0, 0.1) is 13.8 Å². The fourth-order valence-electron chi connectivity index (χ4n) is 1.62. The number of nitrogens with one attached hydrogen (secondary N) is 1. The minimum absolute atomic E-state index is 0.940. The van der Waals surface area contributed by atoms with Crippen LogP contribution in [0.5, 0.6) is 0 Å². The molecule has 0 atom stereocenters. The Bertz CT molecular complexity index is 442. The predicted molar refractivity (Wildman–Crippen MR) is 70.8 cm³/mol. The number of aryl methyl sites for hydroxylation is 2. The van der Waals surface area contributed by atoms with E-state index in [-0.39, 0.29) is 0 Å². The van der Waals surface area contributed by atoms with Crippen molar-refractivity contribution in [1.29, 1.82) is 0 Å². The van der Waals surface area contributed by atoms with Gasteiger partial charge in [0.1, 0.15) is 0 Å². The summed E-state index contributed by atoms with van der Waals surface area (Å²) in [5, 5.41) is 7.89. The lowest BCUT2D eigenvalue weighted by atomic mass is 10.1. The molecule has 1 nitrogen and oxygen atoms in total. The van der Waals surface area contributed by atoms with E-state index < -0.39 is 0 Å². The Hall–Kier alpha value is -1.12. The molecule has 0 bridgehead atoms. The zero-order valence-electron chi connectivity index (χ0n) is 9.79. The van der Waals surface area contributed by atoms with Crippen LogP contribution in [-0.2, 0) is 13.1 Å². The molecule has 0 aliphatic carbocycles. The summed E-state index contributed by atoms with van der Waals surface area (Å²) in [5.41, 5.74) is 5.47. The van der Waals surface area contributed by atoms with Gasteiger partial charge in [0, 0.05) is 13.1 Å². The van der Waals surface area contributed by atoms with E-state index in [4.69, 9.17) is 0 Å². The Kier molecular flexibility index (Phi) is 3.75. The van der Waals surface area contributed by atoms with Gasteiger partial charge >= 0.3 is 0 Å². The summed E-state index contributed by atoms with van der Waals surface area (Å²) in [6.07, 6.45) is 0. The highest BCUT2D eigenvalue weighted by molar-refractivity contribution is 7.08. The first-order chi connectivity index (χ1) is 7.75. The maximum Gasteiger partial charge on any atom is 0.0219 e. The van der Waals surface area contributed by atoms with Crippen LogP contribution < -0.4 is 5.32 Å². The minimum atomic E-state index is 0.940. The van der Waals surface area contributed by atoms with E-state index in [9.17, 15) is 0 Å². The van der Waals surface area contributed by atoms with Crippen LogP contribution in [0.25, 0.3) is 0 Å². The van der Waals surface area contributed by atoms with Crippen LogP contribution in [0.1, 0.15) is 22.3 Å². The molecule has 0 saturated heterocycles. The second-order valence-corrected chi connectivity index (χ2v) is 4.91. The molecule has 0 unspecified atom stereocenters. The normalized spacial score (nSPS) is 10.6. The number of rotatable bonds is 4. The lowest BCUT2D eigenvalue weighted by Gasteiger charge is -2.05. The van der Waals surface area contributed by atoms with Crippen molar-refractivity contribution in [2.45, 2.75) is 26.9 Å². The molecule has 2 aromatic rings. The monoisotopic (exact) mass is 231 g/mol. The second-order valence-electron chi connectivity index (χ2n) is 4.17. The van der Waals surface area contributed by atoms with Gasteiger partial charge in [-0.15, -0.1) is 0 Å². The Balaban J connectivity index is 1.84. The Labute approximate surface area is 101 Å². The summed E-state index contributed by atoms with van der Waals surface area (Å²) >= 11 is 1.77. The molecule has 1 N–H and O–H groups in total. The third kappa shape index (κ3) is 2.94. The van der Waals surface area contributed by atoms with Crippen LogP contribution in [0.15, 0.2) is 35.0 Å². The number of hydrogen-bond donors (Lipinski definition) is 1. The van der Waals surface area contributed by atoms with Gasteiger partial charge in [0.2, 0.25) is 0 Å². The molecule has 0 saturated carbocycles. The Morgan fingerprint density at radius 1 is 1.00 bits per heavy atom. The Morgan fingerprint density at radius 2 is 1.75 bits per heavy atom. The van der Waals surface area contributed by atoms with Gasteiger partial charge in [-0.2, -0.15) is 11.3 Å². The highest BCUT2D eigenvalue weighted by atomic mass is 32.1. The van der Waals surface area contributed by atoms with Gasteiger partial charge < -0.3 is 5.32 Å². The molecular weight excluding hydrogens is 214 g/mol. The molecule has 0 radical (unpaired) electrons. The molecule has 1 aromatic heterocycles. The third-order valence-corrected chi connectivity index (χ3v) is 3.64. The van der Waals surface area contributed by atoms with Crippen molar-refractivity contribution in [1.82, 2.24) is 5.32 Å². The molecule has 2 rings (SSSR count). The summed E-state index contributed by atoms with van der Waals surface area (Å²) in [6, 6.07) is 8.69. The topological polar surface area (TPSA) is 12.0 Å². The predicted octanol–water partition coefficient (Wildman–Crippen LogP) is 3.65. The molecule has 0 amide bonds. The standard InChI is InChI=1S/C14H17NS/c1-11-3-5-13(6-4-11)7-15-8-14-10-16-9-12(14)2/h3-6,9-10,15H,7-8H2,1-2H3. The maximum absolute atomic E-state index is 3.47. The summed E-state index contributed by atoms with van der Waals surface area (Å²) in [5.74, 6) is 0. The van der Waals surface area contributed by atoms with E-state index in [0.717, 1.165) is 13.1 Å². The Morgan fingerprint density at radius 3 is 2.38 bits per heavy atom. The van der Waals surface area contributed by atoms with Gasteiger partial charge in [0.15, 0.2) is 0 Å². The number of benzene rings is 1. The molecule has 0 fully saturated rings. The van der Waals surface area contributed by atoms with E-state index in [1.54, 1.807) is 11.3 Å². The zero-order chi connectivity index (χ0) is 11.4. The zero-order valence-corrected chi connectivity index (χ0v) is 10.6. The first kappa shape index (κ1) is 11.4. The van der Waals surface area contributed by atoms with Crippen molar-refractivity contribution in [2.75, 3.05) is 0 Å². The average molecular weight is 231 g/mol. The van der Waals surface area contributed by atoms with E-state index in [1.807, 2.05) is 0 Å². The van der Waals surface area contributed by atoms with Crippen molar-refractivity contribution < 1.29 is 0 Å². The number of hydrogen-bond acceptors (Lipinski definition) is 2. The third-order valence-electron chi connectivity index (χ3n) is 2.73. The van der Waals surface area contributed by atoms with E-state index >= 15 is 0 Å². The van der Waals surface area contributed by atoms with Gasteiger partial charge in [-0.05, 0) is 41.3 Å². The smallest absolute Gasteiger partial charge is 0.0219 e. The largest absolute Gasteiger partial charge is 0.309 e. The van der Waals surface area contributed by atoms with Crippen molar-refractivity contribution in [3.05, 3.63) is 57.3 Å². The number of thiophene rings is 1. The summed E-state index contributed by atoms with van der Waals surface area (Å²) in [4.78, 5) is 0. The van der Waals surface area contributed by atoms with Gasteiger partial charge in [-0.25, -0.2) is 0 Å². The van der Waals surface area contributed by atoms with Gasteiger partial charge in [0.25, 0.3) is 0 Å². The summed E-state index contributed by atoms with van der Waals surface area (Å²) in [7, 11) is 0. The van der Waals surface area contributed by atoms with Gasteiger partial charge in [-0.3, -0.25) is 0 Å². The summed E-state index contributed by atoms with van der Waals surface area (Å²) < 4.78 is 0. The first-order valence-electron chi connectivity index (χ1n) is 5.53. The van der Waals surface area contributed by atoms with Gasteiger partial charge in [-0.1, -0.05) is 29.8 Å². The van der Waals surface area contributed by atoms with Crippen LogP contribution in [0.3, 0.4) is 0 Å². The van der Waals surface area contributed by atoms with Gasteiger partial charge in [0.05, 0.1) is 0 Å². The van der Waals surface area contributed by atoms with Crippen LogP contribution in [0.4, 0.5) is 0 Å². The SMILES string of the molecule is Cc1ccc(CNCc2cscc2C)cc1. The molecule has 84 valence electrons. The van der Waals surface area contributed by atoms with Crippen molar-refractivity contribution >= 4 is 11.3 Å². The van der Waals surface area contributed by atoms with Crippen molar-refractivity contribution in [3.8, 4) is 0 Å². The van der Waals surface area contributed by atoms with Crippen molar-refractivity contribution in [2.24, 2.45) is 0 Å². The molecule has 1 heterocycles. The lowest BCUT2D eigenvalue weighted by molar-refractivity contribution is 0.692. The fourth-order valence-corrected chi connectivity index (χ4v) is 2.47. The van der Waals surface area contributed by atoms with Crippen LogP contribution in [-0.4, -0.2) is 0 Å². The molecule has 2 heteroatoms. The average Bonchev–Trinajstić information content (AvgIpc) is 2.68. The molecule has 0 aliphatic rings. The highest BCUT2D eigenvalue weighted by Crippen LogP contribution is 2.13. The van der Waals surface area contributed by atoms with Crippen LogP contribution >= 0.6 is 11.3 Å². The second kappa shape index (κ2) is 5.28. The van der Waals surface area contributed by atoms with E-state index in [1.165, 1.54) is 22.3 Å². The van der Waals surface area contributed by atoms with E-state index in [2.05, 4.69) is 54.2 Å². The maximum atomic E-state index is 3.47. The molecule has 0 spiro atoms. The molecule has 0 aliphatic heterocycles.